The van der Waals surface area contributed by atoms with Gasteiger partial charge in [-0.05, 0) is 31.0 Å². The Morgan fingerprint density at radius 1 is 1.43 bits per heavy atom. The Balaban J connectivity index is 2.01. The average Bonchev–Trinajstić information content (AvgIpc) is 2.43. The summed E-state index contributed by atoms with van der Waals surface area (Å²) >= 11 is 0. The number of nitrogens with one attached hydrogen (secondary N) is 2. The van der Waals surface area contributed by atoms with Crippen molar-refractivity contribution in [3.05, 3.63) is 23.9 Å². The molecule has 1 atom stereocenters. The number of nitrogens with zero attached hydrogens (tertiary/aromatic N) is 2. The van der Waals surface area contributed by atoms with Gasteiger partial charge in [0.1, 0.15) is 11.9 Å². The van der Waals surface area contributed by atoms with Crippen molar-refractivity contribution in [2.75, 3.05) is 18.0 Å². The predicted octanol–water partition coefficient (Wildman–Crippen LogP) is 0.678. The van der Waals surface area contributed by atoms with E-state index in [-0.39, 0.29) is 24.4 Å². The number of hydrogen-bond acceptors (Lipinski definition) is 5. The zero-order valence-electron chi connectivity index (χ0n) is 12.7. The first-order valence-electron chi connectivity index (χ1n) is 7.23. The van der Waals surface area contributed by atoms with Gasteiger partial charge in [-0.2, -0.15) is 0 Å². The molecule has 0 radical (unpaired) electrons. The molecule has 1 unspecified atom stereocenters. The number of imide groups is 1. The van der Waals surface area contributed by atoms with E-state index in [4.69, 9.17) is 0 Å². The zero-order chi connectivity index (χ0) is 15.4. The van der Waals surface area contributed by atoms with Gasteiger partial charge >= 0.3 is 0 Å². The van der Waals surface area contributed by atoms with Crippen molar-refractivity contribution < 1.29 is 9.59 Å². The van der Waals surface area contributed by atoms with Crippen molar-refractivity contribution in [2.24, 2.45) is 5.92 Å². The highest BCUT2D eigenvalue weighted by molar-refractivity contribution is 6.04. The highest BCUT2D eigenvalue weighted by Gasteiger charge is 2.30. The number of rotatable bonds is 5. The molecule has 2 amide bonds. The quantitative estimate of drug-likeness (QED) is 0.780. The first kappa shape index (κ1) is 15.4. The molecule has 0 saturated carbocycles. The second-order valence-electron chi connectivity index (χ2n) is 5.77. The maximum absolute atomic E-state index is 11.6. The smallest absolute Gasteiger partial charge is 0.249 e. The Hall–Kier alpha value is -1.95. The minimum Gasteiger partial charge on any atom is -0.336 e. The van der Waals surface area contributed by atoms with E-state index in [0.29, 0.717) is 11.7 Å². The number of carbonyl (C=O) groups is 2. The Labute approximate surface area is 124 Å². The largest absolute Gasteiger partial charge is 0.336 e. The Morgan fingerprint density at radius 3 is 2.81 bits per heavy atom. The van der Waals surface area contributed by atoms with Crippen molar-refractivity contribution in [2.45, 2.75) is 33.4 Å². The molecule has 114 valence electrons. The van der Waals surface area contributed by atoms with Gasteiger partial charge in [0, 0.05) is 12.7 Å². The summed E-state index contributed by atoms with van der Waals surface area (Å²) < 4.78 is 0. The lowest BCUT2D eigenvalue weighted by atomic mass is 10.2. The van der Waals surface area contributed by atoms with Crippen LogP contribution in [-0.4, -0.2) is 35.9 Å². The lowest BCUT2D eigenvalue weighted by molar-refractivity contribution is -0.132. The fraction of sp³-hybridized carbons (Fsp3) is 0.533. The minimum absolute atomic E-state index is 0.158. The second kappa shape index (κ2) is 6.67. The van der Waals surface area contributed by atoms with Gasteiger partial charge < -0.3 is 10.2 Å². The van der Waals surface area contributed by atoms with E-state index in [1.54, 1.807) is 18.0 Å². The van der Waals surface area contributed by atoms with Crippen LogP contribution in [0.15, 0.2) is 18.3 Å². The molecular weight excluding hydrogens is 268 g/mol. The summed E-state index contributed by atoms with van der Waals surface area (Å²) in [5.74, 6) is 0.688. The Kier molecular flexibility index (Phi) is 4.90. The standard InChI is InChI=1S/C15H22N4O2/c1-10(2)6-16-7-12-4-5-13(17-8-12)19-9-14(20)18-15(21)11(19)3/h4-5,8,10-11,16H,6-7,9H2,1-3H3,(H,18,20,21). The average molecular weight is 290 g/mol. The van der Waals surface area contributed by atoms with Crippen LogP contribution in [0.25, 0.3) is 0 Å². The number of anilines is 1. The van der Waals surface area contributed by atoms with E-state index in [1.807, 2.05) is 12.1 Å². The van der Waals surface area contributed by atoms with E-state index >= 15 is 0 Å². The summed E-state index contributed by atoms with van der Waals surface area (Å²) in [4.78, 5) is 29.2. The van der Waals surface area contributed by atoms with Crippen LogP contribution in [0.1, 0.15) is 26.3 Å². The molecule has 0 aliphatic carbocycles. The number of hydrogen-bond donors (Lipinski definition) is 2. The Morgan fingerprint density at radius 2 is 2.19 bits per heavy atom. The van der Waals surface area contributed by atoms with E-state index in [0.717, 1.165) is 18.7 Å². The van der Waals surface area contributed by atoms with Gasteiger partial charge in [-0.3, -0.25) is 14.9 Å². The summed E-state index contributed by atoms with van der Waals surface area (Å²) in [5, 5.41) is 5.67. The van der Waals surface area contributed by atoms with Gasteiger partial charge in [0.05, 0.1) is 6.54 Å². The van der Waals surface area contributed by atoms with E-state index < -0.39 is 0 Å². The fourth-order valence-corrected chi connectivity index (χ4v) is 2.19. The summed E-state index contributed by atoms with van der Waals surface area (Å²) in [5.41, 5.74) is 1.08. The third-order valence-electron chi connectivity index (χ3n) is 3.41. The summed E-state index contributed by atoms with van der Waals surface area (Å²) in [6.07, 6.45) is 1.78. The molecule has 1 aliphatic heterocycles. The van der Waals surface area contributed by atoms with Gasteiger partial charge in [-0.1, -0.05) is 19.9 Å². The van der Waals surface area contributed by atoms with Gasteiger partial charge in [-0.15, -0.1) is 0 Å². The van der Waals surface area contributed by atoms with Gasteiger partial charge in [0.15, 0.2) is 0 Å². The minimum atomic E-state index is -0.389. The molecule has 1 aromatic heterocycles. The van der Waals surface area contributed by atoms with E-state index in [9.17, 15) is 9.59 Å². The molecule has 1 saturated heterocycles. The van der Waals surface area contributed by atoms with Crippen LogP contribution < -0.4 is 15.5 Å². The van der Waals surface area contributed by atoms with Crippen LogP contribution >= 0.6 is 0 Å². The number of aromatic nitrogens is 1. The normalized spacial score (nSPS) is 19.0. The van der Waals surface area contributed by atoms with Crippen LogP contribution in [0.4, 0.5) is 5.82 Å². The summed E-state index contributed by atoms with van der Waals surface area (Å²) in [7, 11) is 0. The summed E-state index contributed by atoms with van der Waals surface area (Å²) in [6.45, 7) is 7.97. The molecular formula is C15H22N4O2. The van der Waals surface area contributed by atoms with Crippen molar-refractivity contribution >= 4 is 17.6 Å². The van der Waals surface area contributed by atoms with Crippen LogP contribution in [0, 0.1) is 5.92 Å². The second-order valence-corrected chi connectivity index (χ2v) is 5.77. The fourth-order valence-electron chi connectivity index (χ4n) is 2.19. The SMILES string of the molecule is CC(C)CNCc1ccc(N2CC(=O)NC(=O)C2C)nc1. The van der Waals surface area contributed by atoms with Crippen molar-refractivity contribution in [1.29, 1.82) is 0 Å². The summed E-state index contributed by atoms with van der Waals surface area (Å²) in [6, 6.07) is 3.44. The zero-order valence-corrected chi connectivity index (χ0v) is 12.7. The molecule has 0 aromatic carbocycles. The van der Waals surface area contributed by atoms with Crippen molar-refractivity contribution in [3.8, 4) is 0 Å². The molecule has 1 fully saturated rings. The third-order valence-corrected chi connectivity index (χ3v) is 3.41. The molecule has 21 heavy (non-hydrogen) atoms. The number of piperazine rings is 1. The maximum atomic E-state index is 11.6. The van der Waals surface area contributed by atoms with Crippen LogP contribution in [0.2, 0.25) is 0 Å². The first-order valence-corrected chi connectivity index (χ1v) is 7.23. The van der Waals surface area contributed by atoms with Crippen molar-refractivity contribution in [3.63, 3.8) is 0 Å². The molecule has 1 aliphatic rings. The van der Waals surface area contributed by atoms with Crippen LogP contribution in [-0.2, 0) is 16.1 Å². The molecule has 2 heterocycles. The lowest BCUT2D eigenvalue weighted by Gasteiger charge is -2.32. The molecule has 0 spiro atoms. The molecule has 6 heteroatoms. The number of pyridine rings is 1. The maximum Gasteiger partial charge on any atom is 0.249 e. The lowest BCUT2D eigenvalue weighted by Crippen LogP contribution is -2.57. The third kappa shape index (κ3) is 4.01. The van der Waals surface area contributed by atoms with Crippen LogP contribution in [0.5, 0.6) is 0 Å². The van der Waals surface area contributed by atoms with Gasteiger partial charge in [-0.25, -0.2) is 4.98 Å². The monoisotopic (exact) mass is 290 g/mol. The molecule has 2 rings (SSSR count). The van der Waals surface area contributed by atoms with E-state index in [2.05, 4.69) is 29.5 Å². The highest BCUT2D eigenvalue weighted by atomic mass is 16.2. The van der Waals surface area contributed by atoms with Gasteiger partial charge in [0.2, 0.25) is 11.8 Å². The number of carbonyl (C=O) groups excluding carboxylic acids is 2. The van der Waals surface area contributed by atoms with Crippen LogP contribution in [0.3, 0.4) is 0 Å². The van der Waals surface area contributed by atoms with Crippen molar-refractivity contribution in [1.82, 2.24) is 15.6 Å². The first-order chi connectivity index (χ1) is 9.97. The highest BCUT2D eigenvalue weighted by Crippen LogP contribution is 2.16. The number of amides is 2. The molecule has 2 N–H and O–H groups in total. The van der Waals surface area contributed by atoms with Gasteiger partial charge in [0.25, 0.3) is 0 Å². The predicted molar refractivity (Wildman–Crippen MR) is 80.7 cm³/mol. The van der Waals surface area contributed by atoms with E-state index in [1.165, 1.54) is 0 Å². The topological polar surface area (TPSA) is 74.3 Å². The Bertz CT molecular complexity index is 513. The molecule has 1 aromatic rings. The molecule has 0 bridgehead atoms. The molecule has 6 nitrogen and oxygen atoms in total.